The second kappa shape index (κ2) is 13.8. The molecular weight excluding hydrogens is 472 g/mol. The Morgan fingerprint density at radius 1 is 0.765 bits per heavy atom. The third-order valence-corrected chi connectivity index (χ3v) is 4.85. The lowest BCUT2D eigenvalue weighted by Crippen LogP contribution is -2.58. The number of thiol groups is 1. The summed E-state index contributed by atoms with van der Waals surface area (Å²) >= 11 is 3.83. The second-order valence-electron chi connectivity index (χ2n) is 7.20. The average molecular weight is 499 g/mol. The van der Waals surface area contributed by atoms with Gasteiger partial charge in [0.05, 0.1) is 18.9 Å². The van der Waals surface area contributed by atoms with E-state index < -0.39 is 72.6 Å². The van der Waals surface area contributed by atoms with Crippen LogP contribution in [0.15, 0.2) is 30.3 Å². The first kappa shape index (κ1) is 28.4. The van der Waals surface area contributed by atoms with Crippen molar-refractivity contribution in [1.82, 2.24) is 16.0 Å². The monoisotopic (exact) mass is 498 g/mol. The SMILES string of the molecule is NC(CS)C(=O)NC(CC(=O)O)C(=O)NC(CC(=O)O)C(=O)NC(Cc1ccccc1)C(=O)O. The van der Waals surface area contributed by atoms with Crippen LogP contribution in [0, 0.1) is 0 Å². The molecule has 186 valence electrons. The van der Waals surface area contributed by atoms with E-state index in [1.54, 1.807) is 30.3 Å². The van der Waals surface area contributed by atoms with Gasteiger partial charge < -0.3 is 37.0 Å². The number of aliphatic carboxylic acids is 3. The first-order valence-corrected chi connectivity index (χ1v) is 10.6. The molecule has 4 unspecified atom stereocenters. The highest BCUT2D eigenvalue weighted by atomic mass is 32.1. The number of nitrogens with one attached hydrogen (secondary N) is 3. The molecule has 34 heavy (non-hydrogen) atoms. The zero-order valence-corrected chi connectivity index (χ0v) is 18.7. The van der Waals surface area contributed by atoms with Crippen LogP contribution < -0.4 is 21.7 Å². The molecule has 13 nitrogen and oxygen atoms in total. The Bertz CT molecular complexity index is 913. The highest BCUT2D eigenvalue weighted by Gasteiger charge is 2.32. The van der Waals surface area contributed by atoms with Gasteiger partial charge in [0, 0.05) is 12.2 Å². The van der Waals surface area contributed by atoms with Gasteiger partial charge in [0.25, 0.3) is 0 Å². The molecule has 0 fully saturated rings. The van der Waals surface area contributed by atoms with Gasteiger partial charge in [-0.2, -0.15) is 12.6 Å². The number of carbonyl (C=O) groups is 6. The van der Waals surface area contributed by atoms with E-state index in [0.29, 0.717) is 5.56 Å². The van der Waals surface area contributed by atoms with E-state index in [2.05, 4.69) is 28.6 Å². The van der Waals surface area contributed by atoms with E-state index in [4.69, 9.17) is 15.9 Å². The molecule has 4 atom stereocenters. The molecule has 0 heterocycles. The van der Waals surface area contributed by atoms with Crippen molar-refractivity contribution in [2.75, 3.05) is 5.75 Å². The molecule has 0 saturated heterocycles. The Morgan fingerprint density at radius 3 is 1.62 bits per heavy atom. The molecule has 1 aromatic rings. The summed E-state index contributed by atoms with van der Waals surface area (Å²) < 4.78 is 0. The van der Waals surface area contributed by atoms with Gasteiger partial charge in [-0.1, -0.05) is 30.3 Å². The van der Waals surface area contributed by atoms with E-state index in [0.717, 1.165) is 0 Å². The molecule has 0 spiro atoms. The van der Waals surface area contributed by atoms with Crippen LogP contribution in [0.2, 0.25) is 0 Å². The first-order valence-electron chi connectivity index (χ1n) is 9.92. The summed E-state index contributed by atoms with van der Waals surface area (Å²) in [6.45, 7) is 0. The number of carbonyl (C=O) groups excluding carboxylic acids is 3. The third-order valence-electron chi connectivity index (χ3n) is 4.45. The number of nitrogens with two attached hydrogens (primary N) is 1. The zero-order chi connectivity index (χ0) is 25.8. The standard InChI is InChI=1S/C20H26N4O9S/c21-11(9-34)17(29)22-12(7-15(25)26)18(30)23-13(8-16(27)28)19(31)24-14(20(32)33)6-10-4-2-1-3-5-10/h1-5,11-14,34H,6-9,21H2,(H,22,29)(H,23,30)(H,24,31)(H,25,26)(H,27,28)(H,32,33). The van der Waals surface area contributed by atoms with Crippen LogP contribution in [0.4, 0.5) is 0 Å². The number of amides is 3. The van der Waals surface area contributed by atoms with Gasteiger partial charge in [-0.25, -0.2) is 4.79 Å². The van der Waals surface area contributed by atoms with E-state index in [1.165, 1.54) is 0 Å². The lowest BCUT2D eigenvalue weighted by molar-refractivity contribution is -0.144. The Labute approximate surface area is 199 Å². The smallest absolute Gasteiger partial charge is 0.326 e. The Balaban J connectivity index is 3.01. The second-order valence-corrected chi connectivity index (χ2v) is 7.56. The highest BCUT2D eigenvalue weighted by Crippen LogP contribution is 2.05. The highest BCUT2D eigenvalue weighted by molar-refractivity contribution is 7.80. The lowest BCUT2D eigenvalue weighted by atomic mass is 10.0. The molecule has 14 heteroatoms. The maximum atomic E-state index is 12.7. The zero-order valence-electron chi connectivity index (χ0n) is 17.8. The lowest BCUT2D eigenvalue weighted by Gasteiger charge is -2.23. The summed E-state index contributed by atoms with van der Waals surface area (Å²) in [5, 5.41) is 33.9. The minimum Gasteiger partial charge on any atom is -0.481 e. The predicted octanol–water partition coefficient (Wildman–Crippen LogP) is -2.03. The largest absolute Gasteiger partial charge is 0.481 e. The van der Waals surface area contributed by atoms with Crippen molar-refractivity contribution in [3.05, 3.63) is 35.9 Å². The molecule has 0 bridgehead atoms. The Kier molecular flexibility index (Phi) is 11.5. The van der Waals surface area contributed by atoms with Crippen LogP contribution in [0.5, 0.6) is 0 Å². The van der Waals surface area contributed by atoms with Gasteiger partial charge >= 0.3 is 17.9 Å². The van der Waals surface area contributed by atoms with Crippen LogP contribution in [-0.4, -0.2) is 80.9 Å². The van der Waals surface area contributed by atoms with Crippen molar-refractivity contribution in [2.45, 2.75) is 43.4 Å². The number of hydrogen-bond acceptors (Lipinski definition) is 8. The predicted molar refractivity (Wildman–Crippen MR) is 120 cm³/mol. The maximum Gasteiger partial charge on any atom is 0.326 e. The molecule has 0 aliphatic rings. The van der Waals surface area contributed by atoms with Crippen LogP contribution in [0.1, 0.15) is 18.4 Å². The van der Waals surface area contributed by atoms with Crippen molar-refractivity contribution < 1.29 is 44.1 Å². The van der Waals surface area contributed by atoms with Gasteiger partial charge in [0.15, 0.2) is 0 Å². The summed E-state index contributed by atoms with van der Waals surface area (Å²) in [5.41, 5.74) is 6.07. The molecule has 0 radical (unpaired) electrons. The van der Waals surface area contributed by atoms with Gasteiger partial charge in [-0.3, -0.25) is 24.0 Å². The fraction of sp³-hybridized carbons (Fsp3) is 0.400. The van der Waals surface area contributed by atoms with Crippen LogP contribution in [0.3, 0.4) is 0 Å². The van der Waals surface area contributed by atoms with Gasteiger partial charge in [0.2, 0.25) is 17.7 Å². The number of carboxylic acid groups (broad SMARTS) is 3. The number of benzene rings is 1. The fourth-order valence-electron chi connectivity index (χ4n) is 2.72. The quantitative estimate of drug-likeness (QED) is 0.131. The van der Waals surface area contributed by atoms with E-state index in [9.17, 15) is 33.9 Å². The van der Waals surface area contributed by atoms with E-state index in [1.807, 2.05) is 0 Å². The average Bonchev–Trinajstić information content (AvgIpc) is 2.76. The number of carboxylic acids is 3. The van der Waals surface area contributed by atoms with Crippen molar-refractivity contribution in [2.24, 2.45) is 5.73 Å². The normalized spacial score (nSPS) is 14.1. The van der Waals surface area contributed by atoms with Crippen molar-refractivity contribution in [1.29, 1.82) is 0 Å². The van der Waals surface area contributed by atoms with Gasteiger partial charge in [-0.05, 0) is 5.56 Å². The molecule has 3 amide bonds. The Hall–Kier alpha value is -3.65. The Morgan fingerprint density at radius 2 is 1.21 bits per heavy atom. The first-order chi connectivity index (χ1) is 15.9. The summed E-state index contributed by atoms with van der Waals surface area (Å²) in [4.78, 5) is 71.1. The summed E-state index contributed by atoms with van der Waals surface area (Å²) in [6, 6.07) is 2.28. The van der Waals surface area contributed by atoms with E-state index in [-0.39, 0.29) is 12.2 Å². The van der Waals surface area contributed by atoms with Crippen LogP contribution >= 0.6 is 12.6 Å². The van der Waals surface area contributed by atoms with Crippen LogP contribution in [0.25, 0.3) is 0 Å². The number of rotatable bonds is 14. The van der Waals surface area contributed by atoms with Crippen molar-refractivity contribution >= 4 is 48.3 Å². The fourth-order valence-corrected chi connectivity index (χ4v) is 2.89. The topological polar surface area (TPSA) is 225 Å². The molecular formula is C20H26N4O9S. The molecule has 1 aromatic carbocycles. The summed E-state index contributed by atoms with van der Waals surface area (Å²) in [6.07, 6.45) is -1.93. The maximum absolute atomic E-state index is 12.7. The summed E-state index contributed by atoms with van der Waals surface area (Å²) in [5.74, 6) is -7.63. The van der Waals surface area contributed by atoms with Crippen molar-refractivity contribution in [3.63, 3.8) is 0 Å². The van der Waals surface area contributed by atoms with E-state index >= 15 is 0 Å². The van der Waals surface area contributed by atoms with Crippen LogP contribution in [-0.2, 0) is 35.2 Å². The molecule has 0 saturated carbocycles. The van der Waals surface area contributed by atoms with Gasteiger partial charge in [-0.15, -0.1) is 0 Å². The number of hydrogen-bond donors (Lipinski definition) is 8. The molecule has 1 rings (SSSR count). The van der Waals surface area contributed by atoms with Crippen molar-refractivity contribution in [3.8, 4) is 0 Å². The van der Waals surface area contributed by atoms with Gasteiger partial charge in [0.1, 0.15) is 18.1 Å². The molecule has 0 aromatic heterocycles. The molecule has 8 N–H and O–H groups in total. The minimum atomic E-state index is -1.76. The molecule has 0 aliphatic carbocycles. The molecule has 0 aliphatic heterocycles. The third kappa shape index (κ3) is 9.87. The minimum absolute atomic E-state index is 0.102. The summed E-state index contributed by atoms with van der Waals surface area (Å²) in [7, 11) is 0.